The van der Waals surface area contributed by atoms with E-state index in [4.69, 9.17) is 0 Å². The second-order valence-electron chi connectivity index (χ2n) is 5.44. The van der Waals surface area contributed by atoms with Gasteiger partial charge in [-0.05, 0) is 32.1 Å². The zero-order valence-electron chi connectivity index (χ0n) is 11.4. The fourth-order valence-corrected chi connectivity index (χ4v) is 2.94. The van der Waals surface area contributed by atoms with Crippen LogP contribution in [0, 0.1) is 5.92 Å². The number of amides is 2. The fourth-order valence-electron chi connectivity index (χ4n) is 2.94. The predicted molar refractivity (Wildman–Crippen MR) is 70.0 cm³/mol. The van der Waals surface area contributed by atoms with E-state index in [9.17, 15) is 9.59 Å². The van der Waals surface area contributed by atoms with Crippen molar-refractivity contribution in [1.29, 1.82) is 0 Å². The summed E-state index contributed by atoms with van der Waals surface area (Å²) < 4.78 is 0. The van der Waals surface area contributed by atoms with E-state index in [1.165, 1.54) is 0 Å². The van der Waals surface area contributed by atoms with Crippen molar-refractivity contribution in [3.05, 3.63) is 0 Å². The number of hydrogen-bond acceptors (Lipinski definition) is 2. The van der Waals surface area contributed by atoms with Gasteiger partial charge in [-0.15, -0.1) is 0 Å². The summed E-state index contributed by atoms with van der Waals surface area (Å²) >= 11 is 0. The van der Waals surface area contributed by atoms with Crippen LogP contribution in [-0.2, 0) is 9.59 Å². The summed E-state index contributed by atoms with van der Waals surface area (Å²) in [5.74, 6) is 0.744. The zero-order valence-corrected chi connectivity index (χ0v) is 11.4. The van der Waals surface area contributed by atoms with Gasteiger partial charge in [0.2, 0.25) is 11.8 Å². The number of piperidine rings is 1. The third kappa shape index (κ3) is 3.03. The van der Waals surface area contributed by atoms with Crippen LogP contribution in [0.3, 0.4) is 0 Å². The lowest BCUT2D eigenvalue weighted by molar-refractivity contribution is -0.140. The number of carbonyl (C=O) groups is 2. The molecule has 2 heterocycles. The third-order valence-electron chi connectivity index (χ3n) is 4.08. The molecular weight excluding hydrogens is 228 g/mol. The van der Waals surface area contributed by atoms with Crippen molar-refractivity contribution in [2.24, 2.45) is 5.92 Å². The highest BCUT2D eigenvalue weighted by Crippen LogP contribution is 2.22. The van der Waals surface area contributed by atoms with Crippen molar-refractivity contribution in [2.75, 3.05) is 26.2 Å². The molecule has 2 saturated heterocycles. The van der Waals surface area contributed by atoms with E-state index in [1.54, 1.807) is 0 Å². The minimum absolute atomic E-state index is 0.161. The van der Waals surface area contributed by atoms with E-state index in [2.05, 4.69) is 0 Å². The first-order valence-electron chi connectivity index (χ1n) is 7.29. The Balaban J connectivity index is 1.79. The minimum Gasteiger partial charge on any atom is -0.343 e. The minimum atomic E-state index is 0.161. The monoisotopic (exact) mass is 252 g/mol. The molecule has 0 spiro atoms. The number of carbonyl (C=O) groups excluding carboxylic acids is 2. The highest BCUT2D eigenvalue weighted by molar-refractivity contribution is 5.80. The normalized spacial score (nSPS) is 21.4. The van der Waals surface area contributed by atoms with E-state index in [0.717, 1.165) is 58.3 Å². The number of likely N-dealkylation sites (tertiary alicyclic amines) is 2. The Kier molecular flexibility index (Phi) is 4.61. The Morgan fingerprint density at radius 3 is 2.17 bits per heavy atom. The van der Waals surface area contributed by atoms with Gasteiger partial charge in [0.05, 0.1) is 0 Å². The lowest BCUT2D eigenvalue weighted by Gasteiger charge is -2.33. The van der Waals surface area contributed by atoms with Crippen LogP contribution >= 0.6 is 0 Å². The van der Waals surface area contributed by atoms with Crippen LogP contribution in [-0.4, -0.2) is 47.8 Å². The van der Waals surface area contributed by atoms with Crippen LogP contribution in [0.1, 0.15) is 45.4 Å². The maximum Gasteiger partial charge on any atom is 0.225 e. The molecule has 0 radical (unpaired) electrons. The van der Waals surface area contributed by atoms with Crippen molar-refractivity contribution in [3.8, 4) is 0 Å². The summed E-state index contributed by atoms with van der Waals surface area (Å²) in [5.41, 5.74) is 0. The van der Waals surface area contributed by atoms with E-state index in [0.29, 0.717) is 12.3 Å². The topological polar surface area (TPSA) is 40.6 Å². The van der Waals surface area contributed by atoms with Gasteiger partial charge in [0.1, 0.15) is 0 Å². The Hall–Kier alpha value is -1.06. The maximum absolute atomic E-state index is 12.2. The zero-order chi connectivity index (χ0) is 13.0. The van der Waals surface area contributed by atoms with Crippen molar-refractivity contribution >= 4 is 11.8 Å². The smallest absolute Gasteiger partial charge is 0.225 e. The predicted octanol–water partition coefficient (Wildman–Crippen LogP) is 1.65. The second kappa shape index (κ2) is 6.21. The van der Waals surface area contributed by atoms with E-state index >= 15 is 0 Å². The molecule has 0 aromatic heterocycles. The summed E-state index contributed by atoms with van der Waals surface area (Å²) in [7, 11) is 0. The van der Waals surface area contributed by atoms with Crippen molar-refractivity contribution in [2.45, 2.75) is 45.4 Å². The SMILES string of the molecule is CCCC(=O)N1CCC(C(=O)N2CCCC2)CC1. The van der Waals surface area contributed by atoms with Crippen LogP contribution in [0.25, 0.3) is 0 Å². The van der Waals surface area contributed by atoms with Gasteiger partial charge in [-0.3, -0.25) is 9.59 Å². The summed E-state index contributed by atoms with van der Waals surface area (Å²) in [5, 5.41) is 0. The molecule has 0 atom stereocenters. The molecule has 0 aromatic carbocycles. The van der Waals surface area contributed by atoms with Gasteiger partial charge < -0.3 is 9.80 Å². The van der Waals surface area contributed by atoms with Gasteiger partial charge in [-0.2, -0.15) is 0 Å². The quantitative estimate of drug-likeness (QED) is 0.766. The van der Waals surface area contributed by atoms with Gasteiger partial charge in [0, 0.05) is 38.5 Å². The summed E-state index contributed by atoms with van der Waals surface area (Å²) in [6, 6.07) is 0. The van der Waals surface area contributed by atoms with Gasteiger partial charge in [0.15, 0.2) is 0 Å². The van der Waals surface area contributed by atoms with Gasteiger partial charge in [-0.25, -0.2) is 0 Å². The van der Waals surface area contributed by atoms with Gasteiger partial charge in [0.25, 0.3) is 0 Å². The first-order chi connectivity index (χ1) is 8.72. The molecular formula is C14H24N2O2. The molecule has 0 bridgehead atoms. The lowest BCUT2D eigenvalue weighted by atomic mass is 9.95. The molecule has 4 heteroatoms. The molecule has 2 aliphatic heterocycles. The van der Waals surface area contributed by atoms with Crippen molar-refractivity contribution in [3.63, 3.8) is 0 Å². The maximum atomic E-state index is 12.2. The van der Waals surface area contributed by atoms with Gasteiger partial charge in [-0.1, -0.05) is 6.92 Å². The van der Waals surface area contributed by atoms with Gasteiger partial charge >= 0.3 is 0 Å². The second-order valence-corrected chi connectivity index (χ2v) is 5.44. The van der Waals surface area contributed by atoms with Crippen LogP contribution in [0.15, 0.2) is 0 Å². The fraction of sp³-hybridized carbons (Fsp3) is 0.857. The molecule has 102 valence electrons. The average molecular weight is 252 g/mol. The molecule has 2 aliphatic rings. The molecule has 0 aliphatic carbocycles. The van der Waals surface area contributed by atoms with E-state index < -0.39 is 0 Å². The molecule has 18 heavy (non-hydrogen) atoms. The number of rotatable bonds is 3. The van der Waals surface area contributed by atoms with Crippen LogP contribution in [0.5, 0.6) is 0 Å². The first kappa shape index (κ1) is 13.4. The Labute approximate surface area is 109 Å². The molecule has 0 aromatic rings. The molecule has 2 fully saturated rings. The summed E-state index contributed by atoms with van der Waals surface area (Å²) in [6.45, 7) is 5.44. The molecule has 4 nitrogen and oxygen atoms in total. The Morgan fingerprint density at radius 2 is 1.61 bits per heavy atom. The molecule has 0 unspecified atom stereocenters. The lowest BCUT2D eigenvalue weighted by Crippen LogP contribution is -2.43. The summed E-state index contributed by atoms with van der Waals surface area (Å²) in [6.07, 6.45) is 5.56. The molecule has 2 amide bonds. The summed E-state index contributed by atoms with van der Waals surface area (Å²) in [4.78, 5) is 27.9. The van der Waals surface area contributed by atoms with Crippen LogP contribution in [0.2, 0.25) is 0 Å². The highest BCUT2D eigenvalue weighted by Gasteiger charge is 2.30. The van der Waals surface area contributed by atoms with Crippen molar-refractivity contribution in [1.82, 2.24) is 9.80 Å². The highest BCUT2D eigenvalue weighted by atomic mass is 16.2. The standard InChI is InChI=1S/C14H24N2O2/c1-2-5-13(17)15-10-6-12(7-11-15)14(18)16-8-3-4-9-16/h12H,2-11H2,1H3. The largest absolute Gasteiger partial charge is 0.343 e. The number of hydrogen-bond donors (Lipinski definition) is 0. The molecule has 0 N–H and O–H groups in total. The Morgan fingerprint density at radius 1 is 1.00 bits per heavy atom. The van der Waals surface area contributed by atoms with E-state index in [-0.39, 0.29) is 11.8 Å². The van der Waals surface area contributed by atoms with Crippen LogP contribution in [0.4, 0.5) is 0 Å². The van der Waals surface area contributed by atoms with Crippen molar-refractivity contribution < 1.29 is 9.59 Å². The van der Waals surface area contributed by atoms with Crippen LogP contribution < -0.4 is 0 Å². The van der Waals surface area contributed by atoms with E-state index in [1.807, 2.05) is 16.7 Å². The molecule has 2 rings (SSSR count). The Bertz CT molecular complexity index is 303. The molecule has 0 saturated carbocycles. The first-order valence-corrected chi connectivity index (χ1v) is 7.29. The average Bonchev–Trinajstić information content (AvgIpc) is 2.92. The third-order valence-corrected chi connectivity index (χ3v) is 4.08. The number of nitrogens with zero attached hydrogens (tertiary/aromatic N) is 2.